The fourth-order valence-electron chi connectivity index (χ4n) is 4.85. The molecule has 37 heavy (non-hydrogen) atoms. The number of aryl methyl sites for hydroxylation is 3. The Hall–Kier alpha value is -3.82. The molecule has 0 aliphatic carbocycles. The summed E-state index contributed by atoms with van der Waals surface area (Å²) in [5.74, 6) is -0.579. The summed E-state index contributed by atoms with van der Waals surface area (Å²) in [5, 5.41) is 10.4. The van der Waals surface area contributed by atoms with Gasteiger partial charge in [0.25, 0.3) is 10.0 Å². The Labute approximate surface area is 215 Å². The molecule has 1 aliphatic heterocycles. The first-order valence-corrected chi connectivity index (χ1v) is 13.4. The van der Waals surface area contributed by atoms with E-state index in [1.807, 2.05) is 49.9 Å². The molecule has 1 atom stereocenters. The number of sulfonamides is 1. The highest BCUT2D eigenvalue weighted by Gasteiger charge is 2.32. The molecule has 2 heterocycles. The van der Waals surface area contributed by atoms with Gasteiger partial charge < -0.3 is 19.1 Å². The summed E-state index contributed by atoms with van der Waals surface area (Å²) in [5.41, 5.74) is 4.33. The minimum atomic E-state index is -4.14. The van der Waals surface area contributed by atoms with Gasteiger partial charge in [0.05, 0.1) is 17.4 Å². The molecule has 0 radical (unpaired) electrons. The first-order valence-electron chi connectivity index (χ1n) is 12.0. The van der Waals surface area contributed by atoms with Crippen molar-refractivity contribution in [1.29, 1.82) is 0 Å². The number of benzene rings is 3. The first kappa shape index (κ1) is 24.9. The number of aliphatic hydroxyl groups is 1. The lowest BCUT2D eigenvalue weighted by Gasteiger charge is -2.19. The zero-order chi connectivity index (χ0) is 26.3. The van der Waals surface area contributed by atoms with Crippen molar-refractivity contribution in [1.82, 2.24) is 9.29 Å². The predicted molar refractivity (Wildman–Crippen MR) is 139 cm³/mol. The summed E-state index contributed by atoms with van der Waals surface area (Å²) in [6.07, 6.45) is 2.32. The van der Waals surface area contributed by atoms with E-state index >= 15 is 0 Å². The number of amides is 1. The van der Waals surface area contributed by atoms with Gasteiger partial charge >= 0.3 is 0 Å². The molecule has 1 unspecified atom stereocenters. The molecule has 9 heteroatoms. The van der Waals surface area contributed by atoms with E-state index in [0.29, 0.717) is 34.6 Å². The number of nitrogens with zero attached hydrogens (tertiary/aromatic N) is 1. The average Bonchev–Trinajstić information content (AvgIpc) is 3.47. The summed E-state index contributed by atoms with van der Waals surface area (Å²) < 4.78 is 42.0. The molecule has 5 rings (SSSR count). The van der Waals surface area contributed by atoms with Crippen LogP contribution in [0.4, 0.5) is 0 Å². The molecule has 3 aromatic carbocycles. The predicted octanol–water partition coefficient (Wildman–Crippen LogP) is 3.91. The van der Waals surface area contributed by atoms with Crippen LogP contribution in [0.1, 0.15) is 40.7 Å². The van der Waals surface area contributed by atoms with Crippen LogP contribution in [0.25, 0.3) is 10.9 Å². The van der Waals surface area contributed by atoms with Crippen LogP contribution in [-0.2, 0) is 34.9 Å². The Morgan fingerprint density at radius 1 is 1.08 bits per heavy atom. The second-order valence-corrected chi connectivity index (χ2v) is 10.8. The molecule has 0 fully saturated rings. The van der Waals surface area contributed by atoms with Crippen LogP contribution in [0.3, 0.4) is 0 Å². The van der Waals surface area contributed by atoms with Crippen molar-refractivity contribution in [3.63, 3.8) is 0 Å². The van der Waals surface area contributed by atoms with Crippen LogP contribution in [0.15, 0.2) is 65.7 Å². The fraction of sp³-hybridized carbons (Fsp3) is 0.250. The number of fused-ring (bicyclic) bond motifs is 2. The van der Waals surface area contributed by atoms with Crippen LogP contribution in [-0.4, -0.2) is 30.8 Å². The van der Waals surface area contributed by atoms with Crippen molar-refractivity contribution >= 4 is 26.8 Å². The van der Waals surface area contributed by atoms with E-state index in [9.17, 15) is 18.3 Å². The Morgan fingerprint density at radius 2 is 1.86 bits per heavy atom. The fourth-order valence-corrected chi connectivity index (χ4v) is 6.14. The molecule has 2 N–H and O–H groups in total. The Bertz CT molecular complexity index is 1620. The number of aliphatic hydroxyl groups excluding tert-OH is 1. The monoisotopic (exact) mass is 520 g/mol. The van der Waals surface area contributed by atoms with E-state index in [2.05, 4.69) is 4.72 Å². The number of hydrogen-bond acceptors (Lipinski definition) is 6. The van der Waals surface area contributed by atoms with Gasteiger partial charge in [0.15, 0.2) is 11.5 Å². The number of hydrogen-bond donors (Lipinski definition) is 2. The van der Waals surface area contributed by atoms with Gasteiger partial charge in [0, 0.05) is 24.1 Å². The third-order valence-electron chi connectivity index (χ3n) is 6.69. The lowest BCUT2D eigenvalue weighted by Crippen LogP contribution is -2.35. The Balaban J connectivity index is 1.62. The molecule has 192 valence electrons. The molecule has 0 bridgehead atoms. The van der Waals surface area contributed by atoms with Gasteiger partial charge in [-0.25, -0.2) is 13.1 Å². The van der Waals surface area contributed by atoms with E-state index in [1.165, 1.54) is 6.07 Å². The SMILES string of the molecule is CCc1cc(C)ccc1S(=O)(=O)NC(=O)C(c1ccc2c(c1)OCO2)c1cn(C)c2cc(CO)ccc12. The van der Waals surface area contributed by atoms with Gasteiger partial charge in [-0.2, -0.15) is 0 Å². The molecule has 0 spiro atoms. The van der Waals surface area contributed by atoms with E-state index in [-0.39, 0.29) is 18.3 Å². The van der Waals surface area contributed by atoms with Crippen molar-refractivity contribution in [2.24, 2.45) is 7.05 Å². The number of nitrogens with one attached hydrogen (secondary N) is 1. The highest BCUT2D eigenvalue weighted by atomic mass is 32.2. The molecule has 1 aliphatic rings. The van der Waals surface area contributed by atoms with Crippen LogP contribution in [0.5, 0.6) is 11.5 Å². The van der Waals surface area contributed by atoms with Crippen molar-refractivity contribution in [3.05, 3.63) is 88.6 Å². The quantitative estimate of drug-likeness (QED) is 0.383. The van der Waals surface area contributed by atoms with Crippen LogP contribution in [0.2, 0.25) is 0 Å². The van der Waals surface area contributed by atoms with Crippen molar-refractivity contribution in [3.8, 4) is 11.5 Å². The smallest absolute Gasteiger partial charge is 0.264 e. The topological polar surface area (TPSA) is 107 Å². The molecule has 0 saturated heterocycles. The molecular formula is C28H28N2O6S. The second-order valence-electron chi connectivity index (χ2n) is 9.19. The van der Waals surface area contributed by atoms with Crippen molar-refractivity contribution in [2.75, 3.05) is 6.79 Å². The maximum Gasteiger partial charge on any atom is 0.264 e. The lowest BCUT2D eigenvalue weighted by molar-refractivity contribution is -0.119. The zero-order valence-corrected chi connectivity index (χ0v) is 21.6. The van der Waals surface area contributed by atoms with Gasteiger partial charge in [-0.05, 0) is 59.9 Å². The first-order chi connectivity index (χ1) is 17.7. The van der Waals surface area contributed by atoms with Crippen molar-refractivity contribution < 1.29 is 27.8 Å². The second kappa shape index (κ2) is 9.57. The summed E-state index contributed by atoms with van der Waals surface area (Å²) in [6.45, 7) is 3.74. The molecule has 4 aromatic rings. The molecule has 1 amide bonds. The largest absolute Gasteiger partial charge is 0.454 e. The average molecular weight is 521 g/mol. The minimum Gasteiger partial charge on any atom is -0.454 e. The third-order valence-corrected chi connectivity index (χ3v) is 8.14. The Morgan fingerprint density at radius 3 is 2.62 bits per heavy atom. The Kier molecular flexibility index (Phi) is 6.43. The standard InChI is InChI=1S/C28H28N2O6S/c1-4-19-11-17(2)5-10-26(19)37(33,34)29-28(32)27(20-7-9-24-25(13-20)36-16-35-24)22-14-30(3)23-12-18(15-31)6-8-21(22)23/h5-14,27,31H,4,15-16H2,1-3H3,(H,29,32). The van der Waals surface area contributed by atoms with E-state index in [0.717, 1.165) is 22.0 Å². The number of carbonyl (C=O) groups excluding carboxylic acids is 1. The number of ether oxygens (including phenoxy) is 2. The van der Waals surface area contributed by atoms with Gasteiger partial charge in [-0.15, -0.1) is 0 Å². The maximum atomic E-state index is 13.9. The number of aromatic nitrogens is 1. The van der Waals surface area contributed by atoms with Crippen LogP contribution >= 0.6 is 0 Å². The van der Waals surface area contributed by atoms with Gasteiger partial charge in [-0.3, -0.25) is 4.79 Å². The number of carbonyl (C=O) groups is 1. The maximum absolute atomic E-state index is 13.9. The van der Waals surface area contributed by atoms with Gasteiger partial charge in [0.1, 0.15) is 0 Å². The van der Waals surface area contributed by atoms with E-state index in [4.69, 9.17) is 9.47 Å². The highest BCUT2D eigenvalue weighted by molar-refractivity contribution is 7.90. The van der Waals surface area contributed by atoms with Gasteiger partial charge in [-0.1, -0.05) is 42.8 Å². The van der Waals surface area contributed by atoms with Crippen LogP contribution < -0.4 is 14.2 Å². The van der Waals surface area contributed by atoms with Crippen molar-refractivity contribution in [2.45, 2.75) is 37.7 Å². The van der Waals surface area contributed by atoms with E-state index in [1.54, 1.807) is 30.3 Å². The van der Waals surface area contributed by atoms with E-state index < -0.39 is 21.8 Å². The third kappa shape index (κ3) is 4.56. The summed E-state index contributed by atoms with van der Waals surface area (Å²) in [7, 11) is -2.30. The normalized spacial score (nSPS) is 13.6. The molecule has 0 saturated carbocycles. The summed E-state index contributed by atoms with van der Waals surface area (Å²) in [6, 6.07) is 15.7. The summed E-state index contributed by atoms with van der Waals surface area (Å²) >= 11 is 0. The summed E-state index contributed by atoms with van der Waals surface area (Å²) in [4.78, 5) is 14.0. The van der Waals surface area contributed by atoms with Crippen LogP contribution in [0, 0.1) is 6.92 Å². The highest BCUT2D eigenvalue weighted by Crippen LogP contribution is 2.39. The number of rotatable bonds is 7. The molecule has 1 aromatic heterocycles. The lowest BCUT2D eigenvalue weighted by atomic mass is 9.90. The minimum absolute atomic E-state index is 0.0788. The molecule has 8 nitrogen and oxygen atoms in total. The van der Waals surface area contributed by atoms with Gasteiger partial charge in [0.2, 0.25) is 12.7 Å². The molecular weight excluding hydrogens is 492 g/mol. The zero-order valence-electron chi connectivity index (χ0n) is 20.8.